The van der Waals surface area contributed by atoms with Crippen LogP contribution in [0.3, 0.4) is 0 Å². The number of carbonyl (C=O) groups is 4. The Bertz CT molecular complexity index is 1080. The van der Waals surface area contributed by atoms with Gasteiger partial charge in [-0.1, -0.05) is 56.3 Å². The number of aliphatic hydroxyl groups is 1. The van der Waals surface area contributed by atoms with E-state index in [-0.39, 0.29) is 31.3 Å². The molecule has 0 heterocycles. The van der Waals surface area contributed by atoms with Crippen molar-refractivity contribution in [2.45, 2.75) is 58.3 Å². The van der Waals surface area contributed by atoms with Crippen LogP contribution in [0.4, 0.5) is 4.79 Å². The van der Waals surface area contributed by atoms with Crippen molar-refractivity contribution in [1.29, 1.82) is 0 Å². The lowest BCUT2D eigenvalue weighted by molar-refractivity contribution is -0.148. The molecule has 0 aromatic heterocycles. The molecule has 3 amide bonds. The predicted octanol–water partition coefficient (Wildman–Crippen LogP) is 1.80. The standard InChI is InChI=1S/C28H37N3O8/c1-4-38-27(36)23(14-18(2)3)30-25(34)22(15-19-10-12-21(33)13-11-19)29-26(35)24(16-32)31-28(37)39-17-20-8-6-5-7-9-20/h5-13,18,22-24,32-33H,4,14-17H2,1-3H3,(H,29,35)(H,30,34)(H,31,37)/t22-,23+,24-/m0/s1. The van der Waals surface area contributed by atoms with Gasteiger partial charge in [0.05, 0.1) is 13.2 Å². The first-order valence-electron chi connectivity index (χ1n) is 12.8. The first-order valence-corrected chi connectivity index (χ1v) is 12.8. The molecule has 0 aliphatic rings. The van der Waals surface area contributed by atoms with Gasteiger partial charge >= 0.3 is 12.1 Å². The summed E-state index contributed by atoms with van der Waals surface area (Å²) in [7, 11) is 0. The lowest BCUT2D eigenvalue weighted by Crippen LogP contribution is -2.57. The lowest BCUT2D eigenvalue weighted by Gasteiger charge is -2.25. The molecule has 0 saturated carbocycles. The van der Waals surface area contributed by atoms with E-state index in [2.05, 4.69) is 16.0 Å². The second-order valence-corrected chi connectivity index (χ2v) is 9.32. The Balaban J connectivity index is 2.13. The van der Waals surface area contributed by atoms with Crippen LogP contribution in [0.15, 0.2) is 54.6 Å². The molecule has 0 bridgehead atoms. The van der Waals surface area contributed by atoms with Crippen molar-refractivity contribution >= 4 is 23.9 Å². The summed E-state index contributed by atoms with van der Waals surface area (Å²) in [5, 5.41) is 26.8. The molecule has 5 N–H and O–H groups in total. The van der Waals surface area contributed by atoms with Gasteiger partial charge in [0, 0.05) is 6.42 Å². The number of hydrogen-bond acceptors (Lipinski definition) is 8. The van der Waals surface area contributed by atoms with Crippen molar-refractivity contribution < 1.29 is 38.9 Å². The number of amides is 3. The summed E-state index contributed by atoms with van der Waals surface area (Å²) in [6.45, 7) is 4.79. The fourth-order valence-electron chi connectivity index (χ4n) is 3.65. The van der Waals surface area contributed by atoms with E-state index in [1.807, 2.05) is 19.9 Å². The Labute approximate surface area is 227 Å². The maximum Gasteiger partial charge on any atom is 0.408 e. The molecule has 11 nitrogen and oxygen atoms in total. The van der Waals surface area contributed by atoms with Crippen molar-refractivity contribution in [3.8, 4) is 5.75 Å². The van der Waals surface area contributed by atoms with E-state index in [9.17, 15) is 29.4 Å². The summed E-state index contributed by atoms with van der Waals surface area (Å²) >= 11 is 0. The molecule has 11 heteroatoms. The smallest absolute Gasteiger partial charge is 0.408 e. The highest BCUT2D eigenvalue weighted by atomic mass is 16.5. The zero-order valence-corrected chi connectivity index (χ0v) is 22.4. The topological polar surface area (TPSA) is 163 Å². The summed E-state index contributed by atoms with van der Waals surface area (Å²) in [6.07, 6.45) is -0.601. The van der Waals surface area contributed by atoms with Crippen molar-refractivity contribution in [2.24, 2.45) is 5.92 Å². The van der Waals surface area contributed by atoms with Crippen LogP contribution in [0.2, 0.25) is 0 Å². The third-order valence-electron chi connectivity index (χ3n) is 5.61. The summed E-state index contributed by atoms with van der Waals surface area (Å²) in [5.41, 5.74) is 1.35. The Morgan fingerprint density at radius 2 is 1.41 bits per heavy atom. The van der Waals surface area contributed by atoms with Crippen LogP contribution in [-0.2, 0) is 36.9 Å². The number of hydrogen-bond donors (Lipinski definition) is 5. The highest BCUT2D eigenvalue weighted by Crippen LogP contribution is 2.13. The van der Waals surface area contributed by atoms with Crippen LogP contribution in [-0.4, -0.2) is 65.4 Å². The van der Waals surface area contributed by atoms with Gasteiger partial charge in [-0.05, 0) is 42.5 Å². The quantitative estimate of drug-likeness (QED) is 0.225. The Morgan fingerprint density at radius 3 is 2.00 bits per heavy atom. The maximum atomic E-state index is 13.3. The molecule has 0 fully saturated rings. The summed E-state index contributed by atoms with van der Waals surface area (Å²) < 4.78 is 10.2. The van der Waals surface area contributed by atoms with E-state index in [1.165, 1.54) is 12.1 Å². The molecule has 212 valence electrons. The van der Waals surface area contributed by atoms with Crippen molar-refractivity contribution in [3.63, 3.8) is 0 Å². The minimum absolute atomic E-state index is 0.00563. The van der Waals surface area contributed by atoms with Gasteiger partial charge in [-0.3, -0.25) is 9.59 Å². The fourth-order valence-corrected chi connectivity index (χ4v) is 3.65. The van der Waals surface area contributed by atoms with E-state index < -0.39 is 48.6 Å². The minimum atomic E-state index is -1.40. The molecular formula is C28H37N3O8. The van der Waals surface area contributed by atoms with Gasteiger partial charge in [-0.25, -0.2) is 9.59 Å². The number of aromatic hydroxyl groups is 1. The minimum Gasteiger partial charge on any atom is -0.508 e. The average molecular weight is 544 g/mol. The van der Waals surface area contributed by atoms with Gasteiger partial charge in [0.25, 0.3) is 0 Å². The van der Waals surface area contributed by atoms with Crippen LogP contribution >= 0.6 is 0 Å². The van der Waals surface area contributed by atoms with Gasteiger partial charge in [0.15, 0.2) is 0 Å². The lowest BCUT2D eigenvalue weighted by atomic mass is 10.0. The molecule has 0 aliphatic heterocycles. The number of phenols is 1. The Kier molecular flexibility index (Phi) is 12.7. The summed E-state index contributed by atoms with van der Waals surface area (Å²) in [4.78, 5) is 51.0. The normalized spacial score (nSPS) is 13.1. The molecule has 0 saturated heterocycles. The number of carbonyl (C=O) groups excluding carboxylic acids is 4. The Hall–Kier alpha value is -4.12. The van der Waals surface area contributed by atoms with E-state index in [1.54, 1.807) is 43.3 Å². The van der Waals surface area contributed by atoms with E-state index in [4.69, 9.17) is 9.47 Å². The molecule has 0 radical (unpaired) electrons. The van der Waals surface area contributed by atoms with Crippen LogP contribution in [0.25, 0.3) is 0 Å². The summed E-state index contributed by atoms with van der Waals surface area (Å²) in [6, 6.07) is 11.4. The second kappa shape index (κ2) is 16.0. The van der Waals surface area contributed by atoms with Gasteiger partial charge < -0.3 is 35.6 Å². The van der Waals surface area contributed by atoms with Crippen LogP contribution < -0.4 is 16.0 Å². The number of nitrogens with one attached hydrogen (secondary N) is 3. The highest BCUT2D eigenvalue weighted by Gasteiger charge is 2.30. The SMILES string of the molecule is CCOC(=O)[C@@H](CC(C)C)NC(=O)[C@H](Cc1ccc(O)cc1)NC(=O)[C@H](CO)NC(=O)OCc1ccccc1. The highest BCUT2D eigenvalue weighted by molar-refractivity contribution is 5.93. The zero-order chi connectivity index (χ0) is 28.8. The molecular weight excluding hydrogens is 506 g/mol. The molecule has 3 atom stereocenters. The molecule has 0 unspecified atom stereocenters. The number of ether oxygens (including phenoxy) is 2. The van der Waals surface area contributed by atoms with E-state index >= 15 is 0 Å². The molecule has 2 aromatic rings. The largest absolute Gasteiger partial charge is 0.508 e. The monoisotopic (exact) mass is 543 g/mol. The number of rotatable bonds is 14. The molecule has 2 aromatic carbocycles. The predicted molar refractivity (Wildman–Crippen MR) is 142 cm³/mol. The third kappa shape index (κ3) is 11.0. The summed E-state index contributed by atoms with van der Waals surface area (Å²) in [5.74, 6) is -1.98. The average Bonchev–Trinajstić information content (AvgIpc) is 2.91. The number of alkyl carbamates (subject to hydrolysis) is 1. The van der Waals surface area contributed by atoms with Gasteiger partial charge in [-0.2, -0.15) is 0 Å². The van der Waals surface area contributed by atoms with Crippen molar-refractivity contribution in [1.82, 2.24) is 16.0 Å². The van der Waals surface area contributed by atoms with Crippen molar-refractivity contribution in [3.05, 3.63) is 65.7 Å². The van der Waals surface area contributed by atoms with Gasteiger partial charge in [0.1, 0.15) is 30.5 Å². The van der Waals surface area contributed by atoms with E-state index in [0.29, 0.717) is 12.0 Å². The number of phenolic OH excluding ortho intramolecular Hbond substituents is 1. The number of esters is 1. The maximum absolute atomic E-state index is 13.3. The molecule has 39 heavy (non-hydrogen) atoms. The second-order valence-electron chi connectivity index (χ2n) is 9.32. The Morgan fingerprint density at radius 1 is 0.795 bits per heavy atom. The molecule has 2 rings (SSSR count). The first-order chi connectivity index (χ1) is 18.6. The number of benzene rings is 2. The molecule has 0 spiro atoms. The molecule has 0 aliphatic carbocycles. The van der Waals surface area contributed by atoms with Crippen LogP contribution in [0.1, 0.15) is 38.3 Å². The van der Waals surface area contributed by atoms with Crippen LogP contribution in [0.5, 0.6) is 5.75 Å². The van der Waals surface area contributed by atoms with Gasteiger partial charge in [0.2, 0.25) is 11.8 Å². The van der Waals surface area contributed by atoms with Gasteiger partial charge in [-0.15, -0.1) is 0 Å². The fraction of sp³-hybridized carbons (Fsp3) is 0.429. The van der Waals surface area contributed by atoms with Crippen LogP contribution in [0, 0.1) is 5.92 Å². The number of aliphatic hydroxyl groups excluding tert-OH is 1. The van der Waals surface area contributed by atoms with E-state index in [0.717, 1.165) is 5.56 Å². The van der Waals surface area contributed by atoms with Crippen molar-refractivity contribution in [2.75, 3.05) is 13.2 Å². The zero-order valence-electron chi connectivity index (χ0n) is 22.4. The third-order valence-corrected chi connectivity index (χ3v) is 5.61. The first kappa shape index (κ1) is 31.1.